The number of anilines is 1. The predicted octanol–water partition coefficient (Wildman–Crippen LogP) is 5.13. The van der Waals surface area contributed by atoms with Gasteiger partial charge in [0.05, 0.1) is 11.7 Å². The van der Waals surface area contributed by atoms with Crippen LogP contribution in [0.4, 0.5) is 5.69 Å². The lowest BCUT2D eigenvalue weighted by Crippen LogP contribution is -2.46. The molecule has 30 heavy (non-hydrogen) atoms. The number of rotatable bonds is 9. The number of nitrogens with zero attached hydrogens (tertiary/aromatic N) is 2. The summed E-state index contributed by atoms with van der Waals surface area (Å²) in [5.41, 5.74) is 1.97. The number of ether oxygens (including phenoxy) is 1. The van der Waals surface area contributed by atoms with Gasteiger partial charge in [-0.25, -0.2) is 0 Å². The molecule has 1 heterocycles. The third kappa shape index (κ3) is 7.00. The average Bonchev–Trinajstić information content (AvgIpc) is 2.73. The van der Waals surface area contributed by atoms with Gasteiger partial charge in [-0.05, 0) is 81.5 Å². The van der Waals surface area contributed by atoms with Crippen LogP contribution in [0.25, 0.3) is 0 Å². The van der Waals surface area contributed by atoms with Crippen molar-refractivity contribution in [3.63, 3.8) is 0 Å². The molecule has 0 unspecified atom stereocenters. The number of aliphatic hydroxyl groups is 1. The second-order valence-corrected chi connectivity index (χ2v) is 9.69. The van der Waals surface area contributed by atoms with Gasteiger partial charge < -0.3 is 19.6 Å². The van der Waals surface area contributed by atoms with Gasteiger partial charge in [0.15, 0.2) is 0 Å². The topological polar surface area (TPSA) is 35.9 Å². The third-order valence-electron chi connectivity index (χ3n) is 5.98. The lowest BCUT2D eigenvalue weighted by Gasteiger charge is -2.39. The quantitative estimate of drug-likeness (QED) is 0.546. The van der Waals surface area contributed by atoms with E-state index >= 15 is 0 Å². The molecular weight excluding hydrogens is 440 g/mol. The Morgan fingerprint density at radius 3 is 2.30 bits per heavy atom. The SMILES string of the molecule is CC(C)Oc1ccc(N(C)CCC2(O)CCN(CCc3ccc(Br)cc3)CC2)cc1. The monoisotopic (exact) mass is 474 g/mol. The van der Waals surface area contributed by atoms with Crippen LogP contribution in [-0.4, -0.2) is 54.9 Å². The first-order valence-electron chi connectivity index (χ1n) is 11.0. The molecule has 0 atom stereocenters. The summed E-state index contributed by atoms with van der Waals surface area (Å²) in [4.78, 5) is 4.70. The summed E-state index contributed by atoms with van der Waals surface area (Å²) in [6.45, 7) is 7.91. The normalized spacial score (nSPS) is 16.6. The van der Waals surface area contributed by atoms with Gasteiger partial charge in [0, 0.05) is 43.4 Å². The van der Waals surface area contributed by atoms with E-state index in [0.29, 0.717) is 0 Å². The molecule has 1 aliphatic rings. The summed E-state index contributed by atoms with van der Waals surface area (Å²) >= 11 is 3.49. The van der Waals surface area contributed by atoms with E-state index in [9.17, 15) is 5.11 Å². The molecule has 1 saturated heterocycles. The van der Waals surface area contributed by atoms with Crippen molar-refractivity contribution in [2.75, 3.05) is 38.1 Å². The van der Waals surface area contributed by atoms with Crippen molar-refractivity contribution in [3.8, 4) is 5.75 Å². The molecule has 164 valence electrons. The van der Waals surface area contributed by atoms with Crippen molar-refractivity contribution >= 4 is 21.6 Å². The molecule has 2 aromatic rings. The number of likely N-dealkylation sites (tertiary alicyclic amines) is 1. The minimum atomic E-state index is -0.553. The van der Waals surface area contributed by atoms with Crippen LogP contribution >= 0.6 is 15.9 Å². The molecule has 1 N–H and O–H groups in total. The predicted molar refractivity (Wildman–Crippen MR) is 129 cm³/mol. The zero-order valence-corrected chi connectivity index (χ0v) is 20.1. The van der Waals surface area contributed by atoms with Crippen LogP contribution in [0.15, 0.2) is 53.0 Å². The molecule has 0 amide bonds. The molecular formula is C25H35BrN2O2. The van der Waals surface area contributed by atoms with Crippen molar-refractivity contribution in [2.24, 2.45) is 0 Å². The molecule has 0 bridgehead atoms. The first-order chi connectivity index (χ1) is 14.3. The lowest BCUT2D eigenvalue weighted by molar-refractivity contribution is -0.0254. The molecule has 5 heteroatoms. The third-order valence-corrected chi connectivity index (χ3v) is 6.51. The fraction of sp³-hybridized carbons (Fsp3) is 0.520. The van der Waals surface area contributed by atoms with Crippen LogP contribution in [0.3, 0.4) is 0 Å². The summed E-state index contributed by atoms with van der Waals surface area (Å²) in [7, 11) is 2.09. The van der Waals surface area contributed by atoms with Gasteiger partial charge in [-0.2, -0.15) is 0 Å². The molecule has 2 aromatic carbocycles. The maximum absolute atomic E-state index is 11.1. The van der Waals surface area contributed by atoms with Crippen molar-refractivity contribution in [1.29, 1.82) is 0 Å². The van der Waals surface area contributed by atoms with E-state index in [1.807, 2.05) is 26.0 Å². The fourth-order valence-corrected chi connectivity index (χ4v) is 4.20. The number of hydrogen-bond acceptors (Lipinski definition) is 4. The molecule has 0 aromatic heterocycles. The highest BCUT2D eigenvalue weighted by molar-refractivity contribution is 9.10. The van der Waals surface area contributed by atoms with E-state index in [4.69, 9.17) is 4.74 Å². The Bertz CT molecular complexity index is 769. The van der Waals surface area contributed by atoms with Crippen molar-refractivity contribution in [1.82, 2.24) is 4.90 Å². The summed E-state index contributed by atoms with van der Waals surface area (Å²) < 4.78 is 6.84. The van der Waals surface area contributed by atoms with Gasteiger partial charge in [0.25, 0.3) is 0 Å². The first-order valence-corrected chi connectivity index (χ1v) is 11.8. The van der Waals surface area contributed by atoms with Crippen molar-refractivity contribution in [2.45, 2.75) is 51.2 Å². The van der Waals surface area contributed by atoms with Gasteiger partial charge >= 0.3 is 0 Å². The Morgan fingerprint density at radius 1 is 1.07 bits per heavy atom. The minimum absolute atomic E-state index is 0.184. The van der Waals surface area contributed by atoms with Gasteiger partial charge in [0.1, 0.15) is 5.75 Å². The van der Waals surface area contributed by atoms with E-state index in [0.717, 1.165) is 67.8 Å². The van der Waals surface area contributed by atoms with E-state index in [1.165, 1.54) is 5.56 Å². The van der Waals surface area contributed by atoms with Gasteiger partial charge in [-0.15, -0.1) is 0 Å². The maximum Gasteiger partial charge on any atom is 0.119 e. The molecule has 4 nitrogen and oxygen atoms in total. The lowest BCUT2D eigenvalue weighted by atomic mass is 9.88. The van der Waals surface area contributed by atoms with Crippen LogP contribution in [-0.2, 0) is 6.42 Å². The second-order valence-electron chi connectivity index (χ2n) is 8.77. The summed E-state index contributed by atoms with van der Waals surface area (Å²) in [5.74, 6) is 0.899. The standard InChI is InChI=1S/C25H35BrN2O2/c1-20(2)30-24-10-8-23(9-11-24)27(3)17-13-25(29)14-18-28(19-15-25)16-12-21-4-6-22(26)7-5-21/h4-11,20,29H,12-19H2,1-3H3. The smallest absolute Gasteiger partial charge is 0.119 e. The number of halogens is 1. The Kier molecular flexibility index (Phi) is 8.20. The number of hydrogen-bond donors (Lipinski definition) is 1. The highest BCUT2D eigenvalue weighted by Crippen LogP contribution is 2.27. The zero-order valence-electron chi connectivity index (χ0n) is 18.5. The highest BCUT2D eigenvalue weighted by atomic mass is 79.9. The molecule has 0 saturated carbocycles. The van der Waals surface area contributed by atoms with Crippen molar-refractivity contribution in [3.05, 3.63) is 58.6 Å². The van der Waals surface area contributed by atoms with E-state index in [1.54, 1.807) is 0 Å². The Morgan fingerprint density at radius 2 is 1.70 bits per heavy atom. The van der Waals surface area contributed by atoms with E-state index in [2.05, 4.69) is 69.2 Å². The average molecular weight is 475 g/mol. The van der Waals surface area contributed by atoms with Crippen molar-refractivity contribution < 1.29 is 9.84 Å². The van der Waals surface area contributed by atoms with Crippen LogP contribution in [0, 0.1) is 0 Å². The Balaban J connectivity index is 1.41. The first kappa shape index (κ1) is 23.1. The van der Waals surface area contributed by atoms with Crippen LogP contribution < -0.4 is 9.64 Å². The maximum atomic E-state index is 11.1. The van der Waals surface area contributed by atoms with Gasteiger partial charge in [-0.3, -0.25) is 0 Å². The molecule has 0 aliphatic carbocycles. The Hall–Kier alpha value is -1.56. The highest BCUT2D eigenvalue weighted by Gasteiger charge is 2.32. The summed E-state index contributed by atoms with van der Waals surface area (Å²) in [6.07, 6.45) is 3.74. The molecule has 1 fully saturated rings. The molecule has 0 spiro atoms. The van der Waals surface area contributed by atoms with Gasteiger partial charge in [-0.1, -0.05) is 28.1 Å². The molecule has 0 radical (unpaired) electrons. The Labute approximate surface area is 190 Å². The number of benzene rings is 2. The van der Waals surface area contributed by atoms with E-state index in [-0.39, 0.29) is 6.10 Å². The van der Waals surface area contributed by atoms with Crippen LogP contribution in [0.1, 0.15) is 38.7 Å². The summed E-state index contributed by atoms with van der Waals surface area (Å²) in [6, 6.07) is 16.8. The van der Waals surface area contributed by atoms with E-state index < -0.39 is 5.60 Å². The summed E-state index contributed by atoms with van der Waals surface area (Å²) in [5, 5.41) is 11.1. The number of piperidine rings is 1. The molecule has 3 rings (SSSR count). The van der Waals surface area contributed by atoms with Gasteiger partial charge in [0.2, 0.25) is 0 Å². The molecule has 1 aliphatic heterocycles. The second kappa shape index (κ2) is 10.7. The zero-order chi connectivity index (χ0) is 21.6. The largest absolute Gasteiger partial charge is 0.491 e. The fourth-order valence-electron chi connectivity index (χ4n) is 3.94. The minimum Gasteiger partial charge on any atom is -0.491 e. The van der Waals surface area contributed by atoms with Crippen LogP contribution in [0.2, 0.25) is 0 Å². The van der Waals surface area contributed by atoms with Crippen LogP contribution in [0.5, 0.6) is 5.75 Å².